The van der Waals surface area contributed by atoms with Gasteiger partial charge in [-0.2, -0.15) is 0 Å². The van der Waals surface area contributed by atoms with Gasteiger partial charge in [-0.25, -0.2) is 4.79 Å². The third-order valence-corrected chi connectivity index (χ3v) is 4.36. The Kier molecular flexibility index (Phi) is 6.33. The lowest BCUT2D eigenvalue weighted by atomic mass is 10.1. The second-order valence-electron chi connectivity index (χ2n) is 6.17. The number of esters is 1. The molecule has 27 heavy (non-hydrogen) atoms. The van der Waals surface area contributed by atoms with Gasteiger partial charge in [0.25, 0.3) is 5.69 Å². The number of carbonyl (C=O) groups is 2. The van der Waals surface area contributed by atoms with Gasteiger partial charge in [-0.3, -0.25) is 14.9 Å². The number of hydrogen-bond donors (Lipinski definition) is 1. The number of rotatable bonds is 8. The number of aromatic nitrogens is 1. The van der Waals surface area contributed by atoms with Gasteiger partial charge in [0.05, 0.1) is 10.5 Å². The minimum absolute atomic E-state index is 0.0101. The molecule has 0 aliphatic rings. The van der Waals surface area contributed by atoms with Crippen molar-refractivity contribution in [3.05, 3.63) is 56.9 Å². The summed E-state index contributed by atoms with van der Waals surface area (Å²) in [7, 11) is 1.59. The molecule has 0 fully saturated rings. The average Bonchev–Trinajstić information content (AvgIpc) is 2.93. The highest BCUT2D eigenvalue weighted by Gasteiger charge is 2.21. The normalized spacial score (nSPS) is 10.5. The molecule has 0 aliphatic carbocycles. The van der Waals surface area contributed by atoms with Crippen LogP contribution in [0.2, 0.25) is 0 Å². The quantitative estimate of drug-likeness (QED) is 0.329. The molecule has 8 nitrogen and oxygen atoms in total. The van der Waals surface area contributed by atoms with Crippen molar-refractivity contribution in [3.8, 4) is 0 Å². The number of ether oxygens (including phenoxy) is 1. The first-order valence-corrected chi connectivity index (χ1v) is 8.63. The third-order valence-electron chi connectivity index (χ3n) is 4.36. The summed E-state index contributed by atoms with van der Waals surface area (Å²) >= 11 is 0. The average molecular weight is 373 g/mol. The van der Waals surface area contributed by atoms with E-state index in [1.807, 2.05) is 13.8 Å². The molecule has 0 spiro atoms. The molecule has 1 heterocycles. The van der Waals surface area contributed by atoms with Crippen molar-refractivity contribution < 1.29 is 19.2 Å². The van der Waals surface area contributed by atoms with Crippen molar-refractivity contribution in [1.29, 1.82) is 0 Å². The first kappa shape index (κ1) is 20.2. The Morgan fingerprint density at radius 1 is 1.22 bits per heavy atom. The van der Waals surface area contributed by atoms with Gasteiger partial charge in [0.2, 0.25) is 5.78 Å². The molecule has 0 unspecified atom stereocenters. The summed E-state index contributed by atoms with van der Waals surface area (Å²) in [5.74, 6) is -1.10. The predicted octanol–water partition coefficient (Wildman–Crippen LogP) is 3.50. The van der Waals surface area contributed by atoms with E-state index < -0.39 is 17.5 Å². The molecule has 0 radical (unpaired) electrons. The molecule has 2 rings (SSSR count). The number of anilines is 1. The van der Waals surface area contributed by atoms with Gasteiger partial charge >= 0.3 is 5.97 Å². The number of hydrogen-bond acceptors (Lipinski definition) is 6. The number of Topliss-reactive ketones (excluding diaryl/α,β-unsaturated/α-hetero) is 1. The second kappa shape index (κ2) is 8.48. The van der Waals surface area contributed by atoms with Gasteiger partial charge in [0, 0.05) is 48.4 Å². The molecule has 0 atom stereocenters. The van der Waals surface area contributed by atoms with E-state index in [1.54, 1.807) is 13.1 Å². The van der Waals surface area contributed by atoms with Crippen LogP contribution in [0.5, 0.6) is 0 Å². The van der Waals surface area contributed by atoms with Gasteiger partial charge in [-0.15, -0.1) is 0 Å². The topological polar surface area (TPSA) is 103 Å². The van der Waals surface area contributed by atoms with Crippen LogP contribution in [0.15, 0.2) is 24.3 Å². The first-order chi connectivity index (χ1) is 12.8. The molecule has 144 valence electrons. The Bertz CT molecular complexity index is 886. The number of nitrogens with zero attached hydrogens (tertiary/aromatic N) is 2. The molecule has 1 aromatic carbocycles. The number of carbonyl (C=O) groups excluding carboxylic acids is 2. The highest BCUT2D eigenvalue weighted by Crippen LogP contribution is 2.23. The summed E-state index contributed by atoms with van der Waals surface area (Å²) < 4.78 is 7.18. The molecule has 0 aliphatic heterocycles. The van der Waals surface area contributed by atoms with E-state index in [0.29, 0.717) is 11.3 Å². The Morgan fingerprint density at radius 3 is 2.52 bits per heavy atom. The maximum atomic E-state index is 12.5. The van der Waals surface area contributed by atoms with Crippen LogP contribution in [-0.4, -0.2) is 34.9 Å². The van der Waals surface area contributed by atoms with E-state index >= 15 is 0 Å². The van der Waals surface area contributed by atoms with Crippen LogP contribution in [0, 0.1) is 24.0 Å². The Balaban J connectivity index is 2.16. The van der Waals surface area contributed by atoms with Crippen LogP contribution in [0.25, 0.3) is 0 Å². The lowest BCUT2D eigenvalue weighted by Gasteiger charge is -2.10. The molecular formula is C19H23N3O5. The molecule has 0 saturated carbocycles. The summed E-state index contributed by atoms with van der Waals surface area (Å²) in [6.07, 6.45) is 0.943. The lowest BCUT2D eigenvalue weighted by molar-refractivity contribution is -0.384. The van der Waals surface area contributed by atoms with Crippen LogP contribution < -0.4 is 5.32 Å². The third kappa shape index (κ3) is 4.33. The van der Waals surface area contributed by atoms with Gasteiger partial charge < -0.3 is 14.6 Å². The zero-order chi connectivity index (χ0) is 20.1. The van der Waals surface area contributed by atoms with E-state index in [4.69, 9.17) is 4.74 Å². The minimum atomic E-state index is -0.793. The fraction of sp³-hybridized carbons (Fsp3) is 0.368. The van der Waals surface area contributed by atoms with Crippen molar-refractivity contribution in [1.82, 2.24) is 4.57 Å². The van der Waals surface area contributed by atoms with E-state index in [9.17, 15) is 19.7 Å². The van der Waals surface area contributed by atoms with Crippen molar-refractivity contribution in [2.24, 2.45) is 0 Å². The molecule has 8 heteroatoms. The Morgan fingerprint density at radius 2 is 1.93 bits per heavy atom. The number of ketones is 1. The highest BCUT2D eigenvalue weighted by atomic mass is 16.6. The maximum Gasteiger partial charge on any atom is 0.340 e. The van der Waals surface area contributed by atoms with Crippen molar-refractivity contribution in [2.45, 2.75) is 33.7 Å². The van der Waals surface area contributed by atoms with Crippen LogP contribution in [0.4, 0.5) is 11.4 Å². The predicted molar refractivity (Wildman–Crippen MR) is 101 cm³/mol. The first-order valence-electron chi connectivity index (χ1n) is 8.63. The number of nitrogens with one attached hydrogen (secondary N) is 1. The molecule has 0 amide bonds. The molecule has 0 bridgehead atoms. The molecule has 0 saturated heterocycles. The van der Waals surface area contributed by atoms with Crippen molar-refractivity contribution >= 4 is 23.1 Å². The zero-order valence-corrected chi connectivity index (χ0v) is 15.9. The maximum absolute atomic E-state index is 12.5. The van der Waals surface area contributed by atoms with Gasteiger partial charge in [-0.1, -0.05) is 6.92 Å². The molecular weight excluding hydrogens is 350 g/mol. The van der Waals surface area contributed by atoms with E-state index in [2.05, 4.69) is 16.8 Å². The fourth-order valence-corrected chi connectivity index (χ4v) is 2.97. The summed E-state index contributed by atoms with van der Waals surface area (Å²) in [6, 6.07) is 5.63. The van der Waals surface area contributed by atoms with Crippen LogP contribution >= 0.6 is 0 Å². The van der Waals surface area contributed by atoms with Crippen LogP contribution in [0.3, 0.4) is 0 Å². The molecule has 2 aromatic rings. The largest absolute Gasteiger partial charge is 0.454 e. The van der Waals surface area contributed by atoms with Gasteiger partial charge in [-0.05, 0) is 32.4 Å². The van der Waals surface area contributed by atoms with E-state index in [1.165, 1.54) is 12.1 Å². The number of non-ortho nitro benzene ring substituents is 1. The van der Waals surface area contributed by atoms with Crippen molar-refractivity contribution in [3.63, 3.8) is 0 Å². The number of nitro benzene ring substituents is 1. The monoisotopic (exact) mass is 373 g/mol. The SMILES string of the molecule is CCCn1c(C)cc(C(=O)COC(=O)c2cc([N+](=O)[O-])ccc2NC)c1C. The van der Waals surface area contributed by atoms with Gasteiger partial charge in [0.15, 0.2) is 6.61 Å². The minimum Gasteiger partial charge on any atom is -0.454 e. The zero-order valence-electron chi connectivity index (χ0n) is 15.9. The highest BCUT2D eigenvalue weighted by molar-refractivity contribution is 6.02. The second-order valence-corrected chi connectivity index (χ2v) is 6.17. The molecule has 1 N–H and O–H groups in total. The smallest absolute Gasteiger partial charge is 0.340 e. The molecule has 1 aromatic heterocycles. The summed E-state index contributed by atoms with van der Waals surface area (Å²) in [5.41, 5.74) is 2.49. The van der Waals surface area contributed by atoms with E-state index in [0.717, 1.165) is 30.4 Å². The number of benzene rings is 1. The number of aryl methyl sites for hydroxylation is 1. The van der Waals surface area contributed by atoms with Gasteiger partial charge in [0.1, 0.15) is 0 Å². The van der Waals surface area contributed by atoms with Crippen molar-refractivity contribution in [2.75, 3.05) is 19.0 Å². The fourth-order valence-electron chi connectivity index (χ4n) is 2.97. The van der Waals surface area contributed by atoms with Crippen LogP contribution in [-0.2, 0) is 11.3 Å². The standard InChI is InChI=1S/C19H23N3O5/c1-5-8-21-12(2)9-15(13(21)3)18(23)11-27-19(24)16-10-14(22(25)26)6-7-17(16)20-4/h6-7,9-10,20H,5,8,11H2,1-4H3. The Hall–Kier alpha value is -3.16. The summed E-state index contributed by atoms with van der Waals surface area (Å²) in [6.45, 7) is 6.22. The summed E-state index contributed by atoms with van der Waals surface area (Å²) in [5, 5.41) is 13.7. The summed E-state index contributed by atoms with van der Waals surface area (Å²) in [4.78, 5) is 35.2. The van der Waals surface area contributed by atoms with E-state index in [-0.39, 0.29) is 17.0 Å². The Labute approximate surface area is 157 Å². The number of nitro groups is 1. The van der Waals surface area contributed by atoms with Crippen LogP contribution in [0.1, 0.15) is 45.4 Å². The lowest BCUT2D eigenvalue weighted by Crippen LogP contribution is -2.16.